The molecule has 1 amide bonds. The summed E-state index contributed by atoms with van der Waals surface area (Å²) >= 11 is 0. The van der Waals surface area contributed by atoms with Crippen LogP contribution in [0.5, 0.6) is 0 Å². The molecule has 2 aromatic carbocycles. The second kappa shape index (κ2) is 9.34. The van der Waals surface area contributed by atoms with Crippen LogP contribution in [0.1, 0.15) is 49.4 Å². The molecule has 0 aliphatic carbocycles. The Bertz CT molecular complexity index is 884. The van der Waals surface area contributed by atoms with Crippen LogP contribution >= 0.6 is 0 Å². The van der Waals surface area contributed by atoms with Crippen molar-refractivity contribution in [3.05, 3.63) is 54.1 Å². The summed E-state index contributed by atoms with van der Waals surface area (Å²) in [6, 6.07) is 14.4. The summed E-state index contributed by atoms with van der Waals surface area (Å²) in [5.41, 5.74) is 2.51. The molecule has 0 bridgehead atoms. The normalized spacial score (nSPS) is 15.3. The van der Waals surface area contributed by atoms with Crippen LogP contribution in [0, 0.1) is 0 Å². The molecule has 1 N–H and O–H groups in total. The number of benzene rings is 2. The largest absolute Gasteiger partial charge is 0.352 e. The Hall–Kier alpha value is -2.18. The van der Waals surface area contributed by atoms with Crippen LogP contribution in [0.25, 0.3) is 11.1 Å². The maximum atomic E-state index is 12.7. The molecule has 2 aromatic rings. The first-order valence-corrected chi connectivity index (χ1v) is 11.5. The third kappa shape index (κ3) is 4.80. The van der Waals surface area contributed by atoms with E-state index >= 15 is 0 Å². The first-order valence-electron chi connectivity index (χ1n) is 10.0. The van der Waals surface area contributed by atoms with Crippen molar-refractivity contribution >= 4 is 15.9 Å². The van der Waals surface area contributed by atoms with Crippen molar-refractivity contribution in [2.45, 2.75) is 43.9 Å². The fourth-order valence-corrected chi connectivity index (χ4v) is 4.89. The lowest BCUT2D eigenvalue weighted by molar-refractivity contribution is 0.0953. The summed E-state index contributed by atoms with van der Waals surface area (Å²) in [4.78, 5) is 12.4. The van der Waals surface area contributed by atoms with E-state index in [-0.39, 0.29) is 5.91 Å². The highest BCUT2D eigenvalue weighted by molar-refractivity contribution is 7.89. The quantitative estimate of drug-likeness (QED) is 0.713. The number of rotatable bonds is 7. The maximum absolute atomic E-state index is 12.7. The second-order valence-electron chi connectivity index (χ2n) is 7.18. The fraction of sp³-hybridized carbons (Fsp3) is 0.409. The van der Waals surface area contributed by atoms with Crippen molar-refractivity contribution in [2.24, 2.45) is 0 Å². The Morgan fingerprint density at radius 2 is 1.50 bits per heavy atom. The summed E-state index contributed by atoms with van der Waals surface area (Å²) in [5, 5.41) is 2.90. The van der Waals surface area contributed by atoms with Crippen LogP contribution in [0.4, 0.5) is 0 Å². The average molecular weight is 401 g/mol. The molecule has 0 saturated carbocycles. The molecule has 1 saturated heterocycles. The van der Waals surface area contributed by atoms with E-state index < -0.39 is 10.0 Å². The van der Waals surface area contributed by atoms with Crippen LogP contribution in [0.2, 0.25) is 0 Å². The number of piperidine rings is 1. The minimum Gasteiger partial charge on any atom is -0.352 e. The van der Waals surface area contributed by atoms with E-state index in [0.717, 1.165) is 43.2 Å². The molecule has 0 unspecified atom stereocenters. The third-order valence-electron chi connectivity index (χ3n) is 5.10. The number of unbranched alkanes of at least 4 members (excludes halogenated alkanes) is 1. The maximum Gasteiger partial charge on any atom is 0.251 e. The number of sulfonamides is 1. The topological polar surface area (TPSA) is 66.5 Å². The molecule has 150 valence electrons. The number of hydrogen-bond donors (Lipinski definition) is 1. The average Bonchev–Trinajstić information content (AvgIpc) is 2.75. The predicted molar refractivity (Wildman–Crippen MR) is 112 cm³/mol. The molecule has 28 heavy (non-hydrogen) atoms. The lowest BCUT2D eigenvalue weighted by Crippen LogP contribution is -2.35. The van der Waals surface area contributed by atoms with Crippen molar-refractivity contribution in [3.63, 3.8) is 0 Å². The fourth-order valence-electron chi connectivity index (χ4n) is 3.37. The highest BCUT2D eigenvalue weighted by atomic mass is 32.2. The van der Waals surface area contributed by atoms with Gasteiger partial charge in [0.2, 0.25) is 10.0 Å². The third-order valence-corrected chi connectivity index (χ3v) is 7.02. The van der Waals surface area contributed by atoms with Gasteiger partial charge in [0.05, 0.1) is 4.90 Å². The summed E-state index contributed by atoms with van der Waals surface area (Å²) in [7, 11) is -3.41. The summed E-state index contributed by atoms with van der Waals surface area (Å²) in [5.74, 6) is -0.0667. The molecule has 0 atom stereocenters. The van der Waals surface area contributed by atoms with Gasteiger partial charge in [-0.3, -0.25) is 4.79 Å². The lowest BCUT2D eigenvalue weighted by Gasteiger charge is -2.25. The number of amides is 1. The molecule has 1 aliphatic rings. The first-order chi connectivity index (χ1) is 13.5. The van der Waals surface area contributed by atoms with Crippen LogP contribution in [0.15, 0.2) is 53.4 Å². The van der Waals surface area contributed by atoms with Crippen molar-refractivity contribution in [1.82, 2.24) is 9.62 Å². The van der Waals surface area contributed by atoms with Gasteiger partial charge in [-0.15, -0.1) is 0 Å². The predicted octanol–water partition coefficient (Wildman–Crippen LogP) is 4.06. The minimum atomic E-state index is -3.41. The van der Waals surface area contributed by atoms with Crippen molar-refractivity contribution in [2.75, 3.05) is 19.6 Å². The van der Waals surface area contributed by atoms with E-state index in [4.69, 9.17) is 0 Å². The number of hydrogen-bond acceptors (Lipinski definition) is 3. The zero-order valence-corrected chi connectivity index (χ0v) is 17.2. The van der Waals surface area contributed by atoms with Crippen LogP contribution in [0.3, 0.4) is 0 Å². The Morgan fingerprint density at radius 3 is 2.07 bits per heavy atom. The monoisotopic (exact) mass is 400 g/mol. The SMILES string of the molecule is CCCCNC(=O)c1ccc(-c2ccc(S(=O)(=O)N3CCCCC3)cc2)cc1. The van der Waals surface area contributed by atoms with Gasteiger partial charge in [-0.1, -0.05) is 44.0 Å². The smallest absolute Gasteiger partial charge is 0.251 e. The molecule has 3 rings (SSSR count). The zero-order chi connectivity index (χ0) is 20.0. The van der Waals surface area contributed by atoms with Gasteiger partial charge in [0, 0.05) is 25.2 Å². The molecule has 1 aliphatic heterocycles. The van der Waals surface area contributed by atoms with Gasteiger partial charge in [0.25, 0.3) is 5.91 Å². The molecular formula is C22H28N2O3S. The molecular weight excluding hydrogens is 372 g/mol. The number of nitrogens with one attached hydrogen (secondary N) is 1. The van der Waals surface area contributed by atoms with E-state index in [2.05, 4.69) is 12.2 Å². The van der Waals surface area contributed by atoms with Crippen molar-refractivity contribution in [1.29, 1.82) is 0 Å². The van der Waals surface area contributed by atoms with Gasteiger partial charge in [0.1, 0.15) is 0 Å². The van der Waals surface area contributed by atoms with Gasteiger partial charge in [-0.05, 0) is 54.7 Å². The van der Waals surface area contributed by atoms with Crippen LogP contribution in [-0.4, -0.2) is 38.3 Å². The molecule has 1 fully saturated rings. The van der Waals surface area contributed by atoms with Gasteiger partial charge in [-0.25, -0.2) is 8.42 Å². The summed E-state index contributed by atoms with van der Waals surface area (Å²) in [6.45, 7) is 3.98. The van der Waals surface area contributed by atoms with Gasteiger partial charge >= 0.3 is 0 Å². The Balaban J connectivity index is 1.70. The van der Waals surface area contributed by atoms with E-state index in [0.29, 0.717) is 30.1 Å². The van der Waals surface area contributed by atoms with E-state index in [1.807, 2.05) is 24.3 Å². The van der Waals surface area contributed by atoms with Gasteiger partial charge in [-0.2, -0.15) is 4.31 Å². The van der Waals surface area contributed by atoms with Crippen molar-refractivity contribution in [3.8, 4) is 11.1 Å². The number of nitrogens with zero attached hydrogens (tertiary/aromatic N) is 1. The highest BCUT2D eigenvalue weighted by Gasteiger charge is 2.25. The lowest BCUT2D eigenvalue weighted by atomic mass is 10.0. The molecule has 1 heterocycles. The van der Waals surface area contributed by atoms with Crippen LogP contribution in [-0.2, 0) is 10.0 Å². The second-order valence-corrected chi connectivity index (χ2v) is 9.11. The molecule has 6 heteroatoms. The number of carbonyl (C=O) groups excluding carboxylic acids is 1. The minimum absolute atomic E-state index is 0.0667. The Labute approximate surface area is 167 Å². The standard InChI is InChI=1S/C22H28N2O3S/c1-2-3-15-23-22(25)20-9-7-18(8-10-20)19-11-13-21(14-12-19)28(26,27)24-16-5-4-6-17-24/h7-14H,2-6,15-17H2,1H3,(H,23,25). The highest BCUT2D eigenvalue weighted by Crippen LogP contribution is 2.25. The zero-order valence-electron chi connectivity index (χ0n) is 16.4. The molecule has 0 spiro atoms. The number of carbonyl (C=O) groups is 1. The molecule has 0 radical (unpaired) electrons. The summed E-state index contributed by atoms with van der Waals surface area (Å²) in [6.07, 6.45) is 4.96. The van der Waals surface area contributed by atoms with Gasteiger partial charge in [0.15, 0.2) is 0 Å². The molecule has 5 nitrogen and oxygen atoms in total. The van der Waals surface area contributed by atoms with Crippen LogP contribution < -0.4 is 5.32 Å². The van der Waals surface area contributed by atoms with Gasteiger partial charge < -0.3 is 5.32 Å². The van der Waals surface area contributed by atoms with E-state index in [1.165, 1.54) is 0 Å². The Kier molecular flexibility index (Phi) is 6.86. The molecule has 0 aromatic heterocycles. The summed E-state index contributed by atoms with van der Waals surface area (Å²) < 4.78 is 27.1. The van der Waals surface area contributed by atoms with E-state index in [1.54, 1.807) is 28.6 Å². The first kappa shape index (κ1) is 20.6. The van der Waals surface area contributed by atoms with Crippen molar-refractivity contribution < 1.29 is 13.2 Å². The Morgan fingerprint density at radius 1 is 0.929 bits per heavy atom. The van der Waals surface area contributed by atoms with E-state index in [9.17, 15) is 13.2 Å².